The first-order chi connectivity index (χ1) is 9.06. The molecular weight excluding hydrogens is 334 g/mol. The van der Waals surface area contributed by atoms with E-state index in [0.717, 1.165) is 0 Å². The highest BCUT2D eigenvalue weighted by Crippen LogP contribution is 2.39. The Morgan fingerprint density at radius 2 is 2.11 bits per heavy atom. The zero-order valence-electron chi connectivity index (χ0n) is 10.1. The summed E-state index contributed by atoms with van der Waals surface area (Å²) in [6.45, 7) is 0. The molecule has 19 heavy (non-hydrogen) atoms. The first-order valence-corrected chi connectivity index (χ1v) is 6.79. The van der Waals surface area contributed by atoms with Gasteiger partial charge in [-0.1, -0.05) is 0 Å². The molecule has 0 amide bonds. The number of hydrogen-bond donors (Lipinski definition) is 1. The quantitative estimate of drug-likeness (QED) is 0.922. The molecule has 0 bridgehead atoms. The van der Waals surface area contributed by atoms with Crippen LogP contribution in [-0.4, -0.2) is 30.3 Å². The lowest BCUT2D eigenvalue weighted by Crippen LogP contribution is -1.99. The Labute approximate surface area is 121 Å². The monoisotopic (exact) mass is 343 g/mol. The van der Waals surface area contributed by atoms with E-state index in [2.05, 4.69) is 20.9 Å². The number of aromatic nitrogens is 1. The fourth-order valence-electron chi connectivity index (χ4n) is 1.61. The number of carbonyl (C=O) groups is 1. The zero-order chi connectivity index (χ0) is 14.0. The van der Waals surface area contributed by atoms with Crippen LogP contribution in [0.15, 0.2) is 22.1 Å². The highest BCUT2D eigenvalue weighted by Gasteiger charge is 2.21. The minimum absolute atomic E-state index is 0.000317. The van der Waals surface area contributed by atoms with Gasteiger partial charge in [-0.2, -0.15) is 0 Å². The van der Waals surface area contributed by atoms with Crippen molar-refractivity contribution in [3.8, 4) is 21.9 Å². The Kier molecular flexibility index (Phi) is 4.06. The van der Waals surface area contributed by atoms with Crippen LogP contribution in [0.25, 0.3) is 10.4 Å². The lowest BCUT2D eigenvalue weighted by Gasteiger charge is -2.09. The van der Waals surface area contributed by atoms with Crippen LogP contribution in [0.2, 0.25) is 0 Å². The molecule has 0 unspecified atom stereocenters. The molecular formula is C12H10BrNO4S. The lowest BCUT2D eigenvalue weighted by molar-refractivity contribution is 0.0692. The van der Waals surface area contributed by atoms with Crippen LogP contribution < -0.4 is 9.47 Å². The molecule has 0 fully saturated rings. The Hall–Kier alpha value is -1.60. The van der Waals surface area contributed by atoms with Crippen LogP contribution >= 0.6 is 27.3 Å². The first-order valence-electron chi connectivity index (χ1n) is 5.18. The highest BCUT2D eigenvalue weighted by molar-refractivity contribution is 9.11. The molecule has 0 aliphatic heterocycles. The SMILES string of the molecule is COc1ccc(-c2sc(Br)nc2C(=O)O)c(OC)c1. The molecule has 5 nitrogen and oxygen atoms in total. The fraction of sp³-hybridized carbons (Fsp3) is 0.167. The van der Waals surface area contributed by atoms with Gasteiger partial charge in [0.25, 0.3) is 0 Å². The first kappa shape index (κ1) is 13.8. The van der Waals surface area contributed by atoms with Crippen LogP contribution in [0.3, 0.4) is 0 Å². The zero-order valence-corrected chi connectivity index (χ0v) is 12.5. The minimum atomic E-state index is -1.07. The standard InChI is InChI=1S/C12H10BrNO4S/c1-17-6-3-4-7(8(5-6)18-2)10-9(11(15)16)14-12(13)19-10/h3-5H,1-2H3,(H,15,16). The number of rotatable bonds is 4. The van der Waals surface area contributed by atoms with Gasteiger partial charge in [0.15, 0.2) is 9.61 Å². The van der Waals surface area contributed by atoms with E-state index in [0.29, 0.717) is 25.9 Å². The molecule has 1 aromatic heterocycles. The number of carboxylic acid groups (broad SMARTS) is 1. The Balaban J connectivity index is 2.61. The van der Waals surface area contributed by atoms with Crippen LogP contribution in [0, 0.1) is 0 Å². The molecule has 0 saturated heterocycles. The molecule has 2 aromatic rings. The van der Waals surface area contributed by atoms with Crippen LogP contribution in [-0.2, 0) is 0 Å². The van der Waals surface area contributed by atoms with Crippen LogP contribution in [0.1, 0.15) is 10.5 Å². The summed E-state index contributed by atoms with van der Waals surface area (Å²) < 4.78 is 10.9. The van der Waals surface area contributed by atoms with Gasteiger partial charge in [-0.15, -0.1) is 11.3 Å². The van der Waals surface area contributed by atoms with Gasteiger partial charge in [0.05, 0.1) is 19.1 Å². The van der Waals surface area contributed by atoms with E-state index in [-0.39, 0.29) is 5.69 Å². The summed E-state index contributed by atoms with van der Waals surface area (Å²) in [7, 11) is 3.08. The summed E-state index contributed by atoms with van der Waals surface area (Å²) >= 11 is 4.44. The molecule has 1 N–H and O–H groups in total. The van der Waals surface area contributed by atoms with E-state index in [1.807, 2.05) is 0 Å². The van der Waals surface area contributed by atoms with E-state index in [9.17, 15) is 4.79 Å². The largest absolute Gasteiger partial charge is 0.497 e. The average molecular weight is 344 g/mol. The lowest BCUT2D eigenvalue weighted by atomic mass is 10.1. The molecule has 0 spiro atoms. The molecule has 0 saturated carbocycles. The minimum Gasteiger partial charge on any atom is -0.497 e. The van der Waals surface area contributed by atoms with Gasteiger partial charge in [-0.05, 0) is 28.1 Å². The maximum Gasteiger partial charge on any atom is 0.356 e. The van der Waals surface area contributed by atoms with Crippen LogP contribution in [0.5, 0.6) is 11.5 Å². The van der Waals surface area contributed by atoms with Crippen molar-refractivity contribution >= 4 is 33.2 Å². The maximum absolute atomic E-state index is 11.2. The number of carboxylic acids is 1. The van der Waals surface area contributed by atoms with Gasteiger partial charge in [-0.25, -0.2) is 9.78 Å². The number of benzene rings is 1. The van der Waals surface area contributed by atoms with Crippen molar-refractivity contribution in [2.75, 3.05) is 14.2 Å². The van der Waals surface area contributed by atoms with E-state index < -0.39 is 5.97 Å². The Bertz CT molecular complexity index is 626. The third-order valence-corrected chi connectivity index (χ3v) is 4.00. The Morgan fingerprint density at radius 1 is 1.37 bits per heavy atom. The summed E-state index contributed by atoms with van der Waals surface area (Å²) in [5.41, 5.74) is 0.671. The van der Waals surface area contributed by atoms with Crippen LogP contribution in [0.4, 0.5) is 0 Å². The maximum atomic E-state index is 11.2. The van der Waals surface area contributed by atoms with Gasteiger partial charge < -0.3 is 14.6 Å². The van der Waals surface area contributed by atoms with Gasteiger partial charge in [0, 0.05) is 11.6 Å². The molecule has 0 aliphatic carbocycles. The second-order valence-corrected chi connectivity index (χ2v) is 5.79. The number of thiazole rings is 1. The normalized spacial score (nSPS) is 10.3. The number of aromatic carboxylic acids is 1. The molecule has 7 heteroatoms. The molecule has 0 atom stereocenters. The summed E-state index contributed by atoms with van der Waals surface area (Å²) in [4.78, 5) is 15.7. The number of hydrogen-bond acceptors (Lipinski definition) is 5. The smallest absolute Gasteiger partial charge is 0.356 e. The summed E-state index contributed by atoms with van der Waals surface area (Å²) in [6.07, 6.45) is 0. The van der Waals surface area contributed by atoms with Gasteiger partial charge in [-0.3, -0.25) is 0 Å². The molecule has 0 aliphatic rings. The van der Waals surface area contributed by atoms with E-state index in [1.54, 1.807) is 25.3 Å². The van der Waals surface area contributed by atoms with E-state index in [4.69, 9.17) is 14.6 Å². The predicted octanol–water partition coefficient (Wildman–Crippen LogP) is 3.29. The predicted molar refractivity (Wildman–Crippen MR) is 75.3 cm³/mol. The average Bonchev–Trinajstić information content (AvgIpc) is 2.80. The summed E-state index contributed by atoms with van der Waals surface area (Å²) in [6, 6.07) is 5.20. The molecule has 1 aromatic carbocycles. The second-order valence-electron chi connectivity index (χ2n) is 3.52. The van der Waals surface area contributed by atoms with Gasteiger partial charge in [0.2, 0.25) is 0 Å². The van der Waals surface area contributed by atoms with Crippen molar-refractivity contribution in [2.45, 2.75) is 0 Å². The summed E-state index contributed by atoms with van der Waals surface area (Å²) in [5.74, 6) is 0.105. The van der Waals surface area contributed by atoms with Crippen molar-refractivity contribution in [3.05, 3.63) is 27.8 Å². The topological polar surface area (TPSA) is 68.7 Å². The van der Waals surface area contributed by atoms with Crippen molar-refractivity contribution in [1.82, 2.24) is 4.98 Å². The van der Waals surface area contributed by atoms with Crippen molar-refractivity contribution in [1.29, 1.82) is 0 Å². The van der Waals surface area contributed by atoms with Crippen molar-refractivity contribution in [2.24, 2.45) is 0 Å². The fourth-order valence-corrected chi connectivity index (χ4v) is 3.08. The van der Waals surface area contributed by atoms with Gasteiger partial charge >= 0.3 is 5.97 Å². The third kappa shape index (κ3) is 2.71. The molecule has 2 rings (SSSR count). The number of halogens is 1. The summed E-state index contributed by atoms with van der Waals surface area (Å²) in [5, 5.41) is 9.16. The molecule has 1 heterocycles. The molecule has 0 radical (unpaired) electrons. The van der Waals surface area contributed by atoms with E-state index >= 15 is 0 Å². The van der Waals surface area contributed by atoms with Crippen molar-refractivity contribution < 1.29 is 19.4 Å². The van der Waals surface area contributed by atoms with E-state index in [1.165, 1.54) is 18.4 Å². The molecule has 100 valence electrons. The number of ether oxygens (including phenoxy) is 2. The number of nitrogens with zero attached hydrogens (tertiary/aromatic N) is 1. The van der Waals surface area contributed by atoms with Crippen molar-refractivity contribution in [3.63, 3.8) is 0 Å². The van der Waals surface area contributed by atoms with Gasteiger partial charge in [0.1, 0.15) is 11.5 Å². The third-order valence-electron chi connectivity index (χ3n) is 2.46. The number of methoxy groups -OCH3 is 2. The highest BCUT2D eigenvalue weighted by atomic mass is 79.9. The Morgan fingerprint density at radius 3 is 2.68 bits per heavy atom. The second kappa shape index (κ2) is 5.58.